The van der Waals surface area contributed by atoms with Gasteiger partial charge in [-0.1, -0.05) is 6.07 Å². The minimum absolute atomic E-state index is 0.0115. The number of piperazine rings is 1. The predicted molar refractivity (Wildman–Crippen MR) is 61.8 cm³/mol. The molecule has 0 bridgehead atoms. The number of rotatable bonds is 3. The Kier molecular flexibility index (Phi) is 3.86. The summed E-state index contributed by atoms with van der Waals surface area (Å²) in [6.45, 7) is 3.61. The molecule has 0 amide bonds. The lowest BCUT2D eigenvalue weighted by Crippen LogP contribution is -2.51. The maximum Gasteiger partial charge on any atom is 0.110 e. The zero-order chi connectivity index (χ0) is 11.2. The molecule has 0 aromatic carbocycles. The molecule has 0 saturated carbocycles. The molecule has 2 rings (SSSR count). The zero-order valence-electron chi connectivity index (χ0n) is 9.26. The average Bonchev–Trinajstić information content (AvgIpc) is 2.38. The van der Waals surface area contributed by atoms with Gasteiger partial charge in [0.15, 0.2) is 0 Å². The van der Waals surface area contributed by atoms with Crippen molar-refractivity contribution in [2.75, 3.05) is 26.2 Å². The Balaban J connectivity index is 1.87. The monoisotopic (exact) mass is 216 g/mol. The fraction of sp³-hybridized carbons (Fsp3) is 0.500. The van der Waals surface area contributed by atoms with Crippen LogP contribution in [0.25, 0.3) is 0 Å². The molecule has 1 fully saturated rings. The molecule has 0 radical (unpaired) electrons. The minimum Gasteiger partial charge on any atom is -0.313 e. The van der Waals surface area contributed by atoms with Gasteiger partial charge in [-0.25, -0.2) is 0 Å². The lowest BCUT2D eigenvalue weighted by Gasteiger charge is -2.31. The van der Waals surface area contributed by atoms with Crippen LogP contribution in [0, 0.1) is 11.3 Å². The molecule has 1 atom stereocenters. The first-order chi connectivity index (χ1) is 7.90. The lowest BCUT2D eigenvalue weighted by molar-refractivity contribution is 0.199. The van der Waals surface area contributed by atoms with Gasteiger partial charge in [-0.3, -0.25) is 9.88 Å². The molecule has 1 aromatic rings. The van der Waals surface area contributed by atoms with Crippen molar-refractivity contribution in [1.82, 2.24) is 15.2 Å². The highest BCUT2D eigenvalue weighted by Gasteiger charge is 2.20. The molecular formula is C12H16N4. The zero-order valence-corrected chi connectivity index (χ0v) is 9.26. The number of nitrogens with zero attached hydrogens (tertiary/aromatic N) is 3. The molecule has 1 aromatic heterocycles. The third-order valence-electron chi connectivity index (χ3n) is 2.88. The Bertz CT molecular complexity index is 357. The van der Waals surface area contributed by atoms with Gasteiger partial charge in [-0.15, -0.1) is 0 Å². The molecule has 4 heteroatoms. The van der Waals surface area contributed by atoms with Crippen molar-refractivity contribution in [3.63, 3.8) is 0 Å². The quantitative estimate of drug-likeness (QED) is 0.795. The summed E-state index contributed by atoms with van der Waals surface area (Å²) >= 11 is 0. The van der Waals surface area contributed by atoms with E-state index in [2.05, 4.69) is 21.3 Å². The lowest BCUT2D eigenvalue weighted by atomic mass is 10.2. The van der Waals surface area contributed by atoms with Crippen molar-refractivity contribution in [3.8, 4) is 6.07 Å². The second-order valence-corrected chi connectivity index (χ2v) is 3.96. The van der Waals surface area contributed by atoms with Gasteiger partial charge in [0.2, 0.25) is 0 Å². The van der Waals surface area contributed by atoms with Gasteiger partial charge in [0, 0.05) is 44.5 Å². The second-order valence-electron chi connectivity index (χ2n) is 3.96. The van der Waals surface area contributed by atoms with E-state index in [9.17, 15) is 0 Å². The molecule has 84 valence electrons. The first-order valence-corrected chi connectivity index (χ1v) is 5.64. The first-order valence-electron chi connectivity index (χ1n) is 5.64. The maximum absolute atomic E-state index is 9.01. The van der Waals surface area contributed by atoms with Crippen molar-refractivity contribution in [3.05, 3.63) is 30.1 Å². The number of nitrogens with one attached hydrogen (secondary N) is 1. The highest BCUT2D eigenvalue weighted by atomic mass is 15.2. The van der Waals surface area contributed by atoms with Crippen molar-refractivity contribution >= 4 is 0 Å². The number of nitriles is 1. The fourth-order valence-corrected chi connectivity index (χ4v) is 1.95. The SMILES string of the molecule is N#CC1CNCCN1CCc1ccccn1. The highest BCUT2D eigenvalue weighted by molar-refractivity contribution is 5.05. The van der Waals surface area contributed by atoms with Gasteiger partial charge in [0.05, 0.1) is 6.07 Å². The summed E-state index contributed by atoms with van der Waals surface area (Å²) in [4.78, 5) is 6.52. The van der Waals surface area contributed by atoms with E-state index >= 15 is 0 Å². The maximum atomic E-state index is 9.01. The summed E-state index contributed by atoms with van der Waals surface area (Å²) in [6, 6.07) is 8.30. The molecule has 1 aliphatic heterocycles. The average molecular weight is 216 g/mol. The summed E-state index contributed by atoms with van der Waals surface area (Å²) in [5.74, 6) is 0. The van der Waals surface area contributed by atoms with Crippen LogP contribution < -0.4 is 5.32 Å². The standard InChI is InChI=1S/C12H16N4/c13-9-12-10-14-6-8-16(12)7-4-11-3-1-2-5-15-11/h1-3,5,12,14H,4,6-8,10H2. The van der Waals surface area contributed by atoms with Crippen LogP contribution in [0.15, 0.2) is 24.4 Å². The van der Waals surface area contributed by atoms with E-state index in [1.807, 2.05) is 24.4 Å². The van der Waals surface area contributed by atoms with Crippen molar-refractivity contribution in [2.24, 2.45) is 0 Å². The molecule has 1 aliphatic rings. The first kappa shape index (κ1) is 11.1. The minimum atomic E-state index is 0.0115. The van der Waals surface area contributed by atoms with E-state index in [0.717, 1.165) is 38.3 Å². The van der Waals surface area contributed by atoms with Crippen LogP contribution in [0.4, 0.5) is 0 Å². The summed E-state index contributed by atoms with van der Waals surface area (Å²) < 4.78 is 0. The Labute approximate surface area is 95.9 Å². The van der Waals surface area contributed by atoms with Crippen LogP contribution in [0.5, 0.6) is 0 Å². The topological polar surface area (TPSA) is 52.0 Å². The largest absolute Gasteiger partial charge is 0.313 e. The van der Waals surface area contributed by atoms with E-state index in [-0.39, 0.29) is 6.04 Å². The highest BCUT2D eigenvalue weighted by Crippen LogP contribution is 2.04. The van der Waals surface area contributed by atoms with Crippen LogP contribution in [-0.4, -0.2) is 42.1 Å². The number of hydrogen-bond donors (Lipinski definition) is 1. The van der Waals surface area contributed by atoms with Gasteiger partial charge in [-0.05, 0) is 12.1 Å². The van der Waals surface area contributed by atoms with E-state index < -0.39 is 0 Å². The Hall–Kier alpha value is -1.44. The fourth-order valence-electron chi connectivity index (χ4n) is 1.95. The molecule has 2 heterocycles. The normalized spacial score (nSPS) is 21.6. The number of hydrogen-bond acceptors (Lipinski definition) is 4. The van der Waals surface area contributed by atoms with Gasteiger partial charge in [0.25, 0.3) is 0 Å². The van der Waals surface area contributed by atoms with Gasteiger partial charge in [0.1, 0.15) is 6.04 Å². The molecular weight excluding hydrogens is 200 g/mol. The van der Waals surface area contributed by atoms with Crippen molar-refractivity contribution in [1.29, 1.82) is 5.26 Å². The van der Waals surface area contributed by atoms with Crippen molar-refractivity contribution in [2.45, 2.75) is 12.5 Å². The van der Waals surface area contributed by atoms with Crippen LogP contribution in [0.3, 0.4) is 0 Å². The summed E-state index contributed by atoms with van der Waals surface area (Å²) in [5.41, 5.74) is 1.10. The van der Waals surface area contributed by atoms with Crippen LogP contribution >= 0.6 is 0 Å². The molecule has 4 nitrogen and oxygen atoms in total. The summed E-state index contributed by atoms with van der Waals surface area (Å²) in [5, 5.41) is 12.2. The Morgan fingerprint density at radius 2 is 2.50 bits per heavy atom. The summed E-state index contributed by atoms with van der Waals surface area (Å²) in [6.07, 6.45) is 2.73. The van der Waals surface area contributed by atoms with Gasteiger partial charge in [-0.2, -0.15) is 5.26 Å². The molecule has 16 heavy (non-hydrogen) atoms. The van der Waals surface area contributed by atoms with Crippen LogP contribution in [0.1, 0.15) is 5.69 Å². The van der Waals surface area contributed by atoms with E-state index in [1.54, 1.807) is 0 Å². The van der Waals surface area contributed by atoms with Crippen LogP contribution in [-0.2, 0) is 6.42 Å². The number of aromatic nitrogens is 1. The molecule has 0 aliphatic carbocycles. The second kappa shape index (κ2) is 5.59. The smallest absolute Gasteiger partial charge is 0.110 e. The van der Waals surface area contributed by atoms with E-state index in [1.165, 1.54) is 0 Å². The Morgan fingerprint density at radius 3 is 3.25 bits per heavy atom. The van der Waals surface area contributed by atoms with Crippen LogP contribution in [0.2, 0.25) is 0 Å². The van der Waals surface area contributed by atoms with E-state index in [0.29, 0.717) is 0 Å². The predicted octanol–water partition coefficient (Wildman–Crippen LogP) is 0.421. The molecule has 1 unspecified atom stereocenters. The Morgan fingerprint density at radius 1 is 1.56 bits per heavy atom. The third-order valence-corrected chi connectivity index (χ3v) is 2.88. The molecule has 0 spiro atoms. The summed E-state index contributed by atoms with van der Waals surface area (Å²) in [7, 11) is 0. The van der Waals surface area contributed by atoms with Crippen molar-refractivity contribution < 1.29 is 0 Å². The molecule has 1 N–H and O–H groups in total. The van der Waals surface area contributed by atoms with Gasteiger partial charge >= 0.3 is 0 Å². The van der Waals surface area contributed by atoms with Gasteiger partial charge < -0.3 is 5.32 Å². The number of pyridine rings is 1. The third kappa shape index (κ3) is 2.78. The van der Waals surface area contributed by atoms with E-state index in [4.69, 9.17) is 5.26 Å². The molecule has 1 saturated heterocycles.